The van der Waals surface area contributed by atoms with Crippen molar-refractivity contribution in [1.29, 1.82) is 0 Å². The zero-order valence-electron chi connectivity index (χ0n) is 15.5. The average molecular weight is 486 g/mol. The Bertz CT molecular complexity index is 730. The minimum absolute atomic E-state index is 0. The van der Waals surface area contributed by atoms with Crippen molar-refractivity contribution in [3.05, 3.63) is 57.3 Å². The van der Waals surface area contributed by atoms with E-state index in [4.69, 9.17) is 0 Å². The molecule has 2 rings (SSSR count). The molecule has 2 aromatic rings. The number of thiophene rings is 1. The van der Waals surface area contributed by atoms with E-state index in [0.717, 1.165) is 18.1 Å². The molecule has 0 radical (unpaired) electrons. The van der Waals surface area contributed by atoms with Crippen molar-refractivity contribution in [3.8, 4) is 0 Å². The first kappa shape index (κ1) is 22.4. The lowest BCUT2D eigenvalue weighted by atomic mass is 10.1. The molecule has 1 amide bonds. The minimum Gasteiger partial charge on any atom is -0.357 e. The molecular formula is C19H27IN4OS. The molecule has 0 saturated carbocycles. The molecule has 1 aromatic heterocycles. The molecule has 5 nitrogen and oxygen atoms in total. The molecule has 1 heterocycles. The van der Waals surface area contributed by atoms with Crippen LogP contribution in [0.3, 0.4) is 0 Å². The first-order chi connectivity index (χ1) is 12.1. The number of nitrogens with one attached hydrogen (secondary N) is 3. The number of nitrogens with zero attached hydrogens (tertiary/aromatic N) is 1. The van der Waals surface area contributed by atoms with Crippen molar-refractivity contribution in [2.24, 2.45) is 4.99 Å². The van der Waals surface area contributed by atoms with Gasteiger partial charge in [0, 0.05) is 30.1 Å². The average Bonchev–Trinajstić information content (AvgIpc) is 3.01. The summed E-state index contributed by atoms with van der Waals surface area (Å²) in [5, 5.41) is 11.5. The Kier molecular flexibility index (Phi) is 10.3. The number of halogens is 1. The molecule has 26 heavy (non-hydrogen) atoms. The Labute approximate surface area is 176 Å². The summed E-state index contributed by atoms with van der Waals surface area (Å²) in [5.41, 5.74) is 3.04. The molecule has 0 unspecified atom stereocenters. The van der Waals surface area contributed by atoms with Crippen LogP contribution in [0.2, 0.25) is 0 Å². The maximum Gasteiger partial charge on any atom is 0.251 e. The fourth-order valence-electron chi connectivity index (χ4n) is 2.30. The summed E-state index contributed by atoms with van der Waals surface area (Å²) in [6, 6.07) is 9.69. The number of rotatable bonds is 7. The number of guanidine groups is 1. The van der Waals surface area contributed by atoms with E-state index >= 15 is 0 Å². The predicted molar refractivity (Wildman–Crippen MR) is 121 cm³/mol. The third-order valence-corrected chi connectivity index (χ3v) is 4.68. The predicted octanol–water partition coefficient (Wildman–Crippen LogP) is 3.47. The van der Waals surface area contributed by atoms with E-state index in [-0.39, 0.29) is 29.9 Å². The second-order valence-corrected chi connectivity index (χ2v) is 6.77. The molecule has 0 fully saturated rings. The van der Waals surface area contributed by atoms with E-state index < -0.39 is 0 Å². The summed E-state index contributed by atoms with van der Waals surface area (Å²) in [6.45, 7) is 8.73. The number of carbonyl (C=O) groups excluding carboxylic acids is 1. The van der Waals surface area contributed by atoms with Crippen molar-refractivity contribution < 1.29 is 4.79 Å². The molecule has 0 spiro atoms. The quantitative estimate of drug-likeness (QED) is 0.243. The number of aliphatic imine (C=N–C) groups is 1. The Morgan fingerprint density at radius 1 is 1.12 bits per heavy atom. The maximum absolute atomic E-state index is 12.1. The Morgan fingerprint density at radius 3 is 2.54 bits per heavy atom. The summed E-state index contributed by atoms with van der Waals surface area (Å²) in [7, 11) is 0. The van der Waals surface area contributed by atoms with Crippen LogP contribution in [-0.4, -0.2) is 31.5 Å². The lowest BCUT2D eigenvalue weighted by Gasteiger charge is -2.12. The van der Waals surface area contributed by atoms with Crippen LogP contribution in [0.15, 0.2) is 40.7 Å². The molecule has 3 N–H and O–H groups in total. The number of carbonyl (C=O) groups is 1. The Morgan fingerprint density at radius 2 is 1.88 bits per heavy atom. The summed E-state index contributed by atoms with van der Waals surface area (Å²) < 4.78 is 0. The van der Waals surface area contributed by atoms with Gasteiger partial charge in [0.05, 0.1) is 6.54 Å². The zero-order chi connectivity index (χ0) is 18.1. The largest absolute Gasteiger partial charge is 0.357 e. The summed E-state index contributed by atoms with van der Waals surface area (Å²) in [5.74, 6) is 0.710. The number of hydrogen-bond acceptors (Lipinski definition) is 3. The van der Waals surface area contributed by atoms with Gasteiger partial charge in [-0.1, -0.05) is 17.7 Å². The van der Waals surface area contributed by atoms with Crippen molar-refractivity contribution in [3.63, 3.8) is 0 Å². The summed E-state index contributed by atoms with van der Waals surface area (Å²) >= 11 is 1.72. The lowest BCUT2D eigenvalue weighted by molar-refractivity contribution is 0.0954. The molecular weight excluding hydrogens is 459 g/mol. The van der Waals surface area contributed by atoms with Gasteiger partial charge < -0.3 is 16.0 Å². The number of aryl methyl sites for hydroxylation is 2. The normalized spacial score (nSPS) is 10.8. The van der Waals surface area contributed by atoms with Gasteiger partial charge in [0.15, 0.2) is 5.96 Å². The number of hydrogen-bond donors (Lipinski definition) is 3. The van der Waals surface area contributed by atoms with Gasteiger partial charge in [-0.05, 0) is 49.9 Å². The fourth-order valence-corrected chi connectivity index (χ4v) is 3.13. The highest BCUT2D eigenvalue weighted by molar-refractivity contribution is 14.0. The van der Waals surface area contributed by atoms with Gasteiger partial charge in [-0.2, -0.15) is 0 Å². The first-order valence-corrected chi connectivity index (χ1v) is 9.38. The van der Waals surface area contributed by atoms with Gasteiger partial charge in [0.2, 0.25) is 0 Å². The van der Waals surface area contributed by atoms with Crippen LogP contribution < -0.4 is 16.0 Å². The molecule has 0 aliphatic rings. The van der Waals surface area contributed by atoms with Crippen LogP contribution in [0.4, 0.5) is 0 Å². The minimum atomic E-state index is -0.0540. The van der Waals surface area contributed by atoms with E-state index in [1.165, 1.54) is 10.4 Å². The number of amides is 1. The molecule has 142 valence electrons. The van der Waals surface area contributed by atoms with Crippen LogP contribution in [0.5, 0.6) is 0 Å². The van der Waals surface area contributed by atoms with Crippen LogP contribution >= 0.6 is 35.3 Å². The summed E-state index contributed by atoms with van der Waals surface area (Å²) in [4.78, 5) is 18.0. The van der Waals surface area contributed by atoms with Crippen LogP contribution in [0.25, 0.3) is 0 Å². The fraction of sp³-hybridized carbons (Fsp3) is 0.368. The highest BCUT2D eigenvalue weighted by atomic mass is 127. The van der Waals surface area contributed by atoms with Crippen molar-refractivity contribution >= 4 is 47.2 Å². The van der Waals surface area contributed by atoms with E-state index in [1.54, 1.807) is 11.3 Å². The van der Waals surface area contributed by atoms with Gasteiger partial charge >= 0.3 is 0 Å². The zero-order valence-corrected chi connectivity index (χ0v) is 18.6. The topological polar surface area (TPSA) is 65.5 Å². The molecule has 0 saturated heterocycles. The standard InChI is InChI=1S/C19H26N4OS.HI/c1-4-20-19(23-13-17-15(3)8-11-25-17)22-10-9-21-18(24)16-7-5-6-14(2)12-16;/h5-8,11-12H,4,9-10,13H2,1-3H3,(H,21,24)(H2,20,22,23);1H. The third-order valence-electron chi connectivity index (χ3n) is 3.68. The Balaban J connectivity index is 0.00000338. The monoisotopic (exact) mass is 486 g/mol. The molecule has 0 aliphatic heterocycles. The second kappa shape index (κ2) is 11.9. The van der Waals surface area contributed by atoms with Crippen molar-refractivity contribution in [2.75, 3.05) is 19.6 Å². The van der Waals surface area contributed by atoms with Gasteiger partial charge in [-0.15, -0.1) is 35.3 Å². The summed E-state index contributed by atoms with van der Waals surface area (Å²) in [6.07, 6.45) is 0. The van der Waals surface area contributed by atoms with Crippen LogP contribution in [-0.2, 0) is 6.54 Å². The second-order valence-electron chi connectivity index (χ2n) is 5.77. The molecule has 0 atom stereocenters. The molecule has 0 bridgehead atoms. The van der Waals surface area contributed by atoms with Crippen LogP contribution in [0, 0.1) is 13.8 Å². The van der Waals surface area contributed by atoms with Crippen LogP contribution in [0.1, 0.15) is 33.3 Å². The van der Waals surface area contributed by atoms with E-state index in [0.29, 0.717) is 25.2 Å². The SMILES string of the molecule is CCNC(=NCc1sccc1C)NCCNC(=O)c1cccc(C)c1.I. The van der Waals surface area contributed by atoms with E-state index in [1.807, 2.05) is 38.1 Å². The third kappa shape index (κ3) is 7.33. The van der Waals surface area contributed by atoms with Crippen molar-refractivity contribution in [2.45, 2.75) is 27.3 Å². The molecule has 0 aliphatic carbocycles. The maximum atomic E-state index is 12.1. The highest BCUT2D eigenvalue weighted by Gasteiger charge is 2.05. The van der Waals surface area contributed by atoms with Crippen molar-refractivity contribution in [1.82, 2.24) is 16.0 Å². The van der Waals surface area contributed by atoms with Gasteiger partial charge in [-0.25, -0.2) is 4.99 Å². The van der Waals surface area contributed by atoms with Gasteiger partial charge in [-0.3, -0.25) is 4.79 Å². The molecule has 7 heteroatoms. The highest BCUT2D eigenvalue weighted by Crippen LogP contribution is 2.16. The first-order valence-electron chi connectivity index (χ1n) is 8.50. The number of benzene rings is 1. The van der Waals surface area contributed by atoms with E-state index in [2.05, 4.69) is 39.3 Å². The van der Waals surface area contributed by atoms with Gasteiger partial charge in [0.1, 0.15) is 0 Å². The molecule has 1 aromatic carbocycles. The lowest BCUT2D eigenvalue weighted by Crippen LogP contribution is -2.41. The Hall–Kier alpha value is -1.61. The van der Waals surface area contributed by atoms with Gasteiger partial charge in [0.25, 0.3) is 5.91 Å². The smallest absolute Gasteiger partial charge is 0.251 e. The van der Waals surface area contributed by atoms with E-state index in [9.17, 15) is 4.79 Å².